The van der Waals surface area contributed by atoms with Crippen LogP contribution >= 0.6 is 15.9 Å². The monoisotopic (exact) mass is 313 g/mol. The molecule has 0 fully saturated rings. The highest BCUT2D eigenvalue weighted by atomic mass is 79.9. The third-order valence-corrected chi connectivity index (χ3v) is 3.70. The molecule has 3 heteroatoms. The van der Waals surface area contributed by atoms with Crippen LogP contribution in [0.15, 0.2) is 22.7 Å². The fraction of sp³-hybridized carbons (Fsp3) is 0.600. The predicted molar refractivity (Wildman–Crippen MR) is 81.3 cm³/mol. The van der Waals surface area contributed by atoms with Gasteiger partial charge in [-0.1, -0.05) is 36.7 Å². The zero-order valence-corrected chi connectivity index (χ0v) is 13.4. The van der Waals surface area contributed by atoms with Crippen LogP contribution in [0.1, 0.15) is 32.8 Å². The highest BCUT2D eigenvalue weighted by Gasteiger charge is 2.08. The molecule has 0 radical (unpaired) electrons. The van der Waals surface area contributed by atoms with Gasteiger partial charge in [0.1, 0.15) is 11.9 Å². The summed E-state index contributed by atoms with van der Waals surface area (Å²) in [6.07, 6.45) is 1.25. The Kier molecular flexibility index (Phi) is 6.72. The van der Waals surface area contributed by atoms with E-state index in [-0.39, 0.29) is 6.10 Å². The van der Waals surface area contributed by atoms with Crippen molar-refractivity contribution in [2.45, 2.75) is 40.2 Å². The summed E-state index contributed by atoms with van der Waals surface area (Å²) in [7, 11) is 0. The van der Waals surface area contributed by atoms with E-state index in [1.54, 1.807) is 0 Å². The quantitative estimate of drug-likeness (QED) is 0.816. The van der Waals surface area contributed by atoms with Crippen LogP contribution in [0.3, 0.4) is 0 Å². The highest BCUT2D eigenvalue weighted by molar-refractivity contribution is 9.10. The molecule has 0 saturated heterocycles. The first-order valence-electron chi connectivity index (χ1n) is 6.66. The number of nitrogens with one attached hydrogen (secondary N) is 1. The topological polar surface area (TPSA) is 21.3 Å². The molecule has 0 saturated carbocycles. The minimum absolute atomic E-state index is 0.240. The molecule has 1 atom stereocenters. The molecule has 1 unspecified atom stereocenters. The number of benzene rings is 1. The summed E-state index contributed by atoms with van der Waals surface area (Å²) < 4.78 is 7.12. The highest BCUT2D eigenvalue weighted by Crippen LogP contribution is 2.22. The molecular formula is C15H24BrNO. The lowest BCUT2D eigenvalue weighted by atomic mass is 10.2. The Morgan fingerprint density at radius 3 is 2.56 bits per heavy atom. The molecule has 1 N–H and O–H groups in total. The summed E-state index contributed by atoms with van der Waals surface area (Å²) >= 11 is 3.50. The van der Waals surface area contributed by atoms with Gasteiger partial charge >= 0.3 is 0 Å². The third-order valence-electron chi connectivity index (χ3n) is 2.81. The van der Waals surface area contributed by atoms with Crippen molar-refractivity contribution in [1.29, 1.82) is 0 Å². The Morgan fingerprint density at radius 2 is 2.00 bits per heavy atom. The second-order valence-corrected chi connectivity index (χ2v) is 5.97. The number of halogens is 1. The van der Waals surface area contributed by atoms with Crippen LogP contribution in [0.25, 0.3) is 0 Å². The maximum absolute atomic E-state index is 6.00. The van der Waals surface area contributed by atoms with Gasteiger partial charge in [0.05, 0.1) is 0 Å². The first-order chi connectivity index (χ1) is 8.52. The molecular weight excluding hydrogens is 290 g/mol. The summed E-state index contributed by atoms with van der Waals surface area (Å²) in [4.78, 5) is 0. The van der Waals surface area contributed by atoms with Crippen molar-refractivity contribution in [3.05, 3.63) is 28.2 Å². The van der Waals surface area contributed by atoms with Gasteiger partial charge in [0, 0.05) is 11.0 Å². The van der Waals surface area contributed by atoms with Crippen molar-refractivity contribution < 1.29 is 4.74 Å². The lowest BCUT2D eigenvalue weighted by molar-refractivity contribution is 0.192. The van der Waals surface area contributed by atoms with Crippen LogP contribution in [0.4, 0.5) is 0 Å². The summed E-state index contributed by atoms with van der Waals surface area (Å²) in [5, 5.41) is 3.45. The normalized spacial score (nSPS) is 12.8. The van der Waals surface area contributed by atoms with Crippen molar-refractivity contribution in [2.24, 2.45) is 5.92 Å². The smallest absolute Gasteiger partial charge is 0.120 e. The van der Waals surface area contributed by atoms with E-state index in [9.17, 15) is 0 Å². The minimum Gasteiger partial charge on any atom is -0.489 e. The second kappa shape index (κ2) is 7.80. The van der Waals surface area contributed by atoms with Gasteiger partial charge in [-0.3, -0.25) is 0 Å². The minimum atomic E-state index is 0.240. The average Bonchev–Trinajstić information content (AvgIpc) is 2.32. The molecule has 1 aromatic carbocycles. The molecule has 0 spiro atoms. The Hall–Kier alpha value is -0.540. The van der Waals surface area contributed by atoms with Crippen molar-refractivity contribution in [1.82, 2.24) is 5.32 Å². The fourth-order valence-electron chi connectivity index (χ4n) is 1.69. The molecule has 102 valence electrons. The van der Waals surface area contributed by atoms with Gasteiger partial charge in [0.2, 0.25) is 0 Å². The van der Waals surface area contributed by atoms with Gasteiger partial charge in [-0.05, 0) is 49.6 Å². The zero-order chi connectivity index (χ0) is 13.5. The number of aryl methyl sites for hydroxylation is 1. The first-order valence-corrected chi connectivity index (χ1v) is 7.45. The molecule has 0 aliphatic rings. The Labute approximate surface area is 119 Å². The van der Waals surface area contributed by atoms with Gasteiger partial charge in [-0.2, -0.15) is 0 Å². The average molecular weight is 314 g/mol. The maximum atomic E-state index is 6.00. The lowest BCUT2D eigenvalue weighted by Crippen LogP contribution is -2.33. The van der Waals surface area contributed by atoms with E-state index in [1.165, 1.54) is 5.56 Å². The largest absolute Gasteiger partial charge is 0.489 e. The van der Waals surface area contributed by atoms with E-state index in [0.717, 1.165) is 29.7 Å². The molecule has 1 aromatic rings. The summed E-state index contributed by atoms with van der Waals surface area (Å²) in [6.45, 7) is 10.6. The van der Waals surface area contributed by atoms with Crippen LogP contribution in [0.5, 0.6) is 5.75 Å². The number of hydrogen-bond acceptors (Lipinski definition) is 2. The predicted octanol–water partition coefficient (Wildman–Crippen LogP) is 4.16. The lowest BCUT2D eigenvalue weighted by Gasteiger charge is -2.19. The molecule has 0 aliphatic carbocycles. The summed E-state index contributed by atoms with van der Waals surface area (Å²) in [6, 6.07) is 6.14. The maximum Gasteiger partial charge on any atom is 0.120 e. The van der Waals surface area contributed by atoms with Crippen LogP contribution in [-0.4, -0.2) is 19.2 Å². The van der Waals surface area contributed by atoms with E-state index in [1.807, 2.05) is 12.1 Å². The Bertz CT molecular complexity index is 366. The van der Waals surface area contributed by atoms with Gasteiger partial charge in [0.25, 0.3) is 0 Å². The molecule has 0 amide bonds. The second-order valence-electron chi connectivity index (χ2n) is 5.11. The fourth-order valence-corrected chi connectivity index (χ4v) is 1.93. The summed E-state index contributed by atoms with van der Waals surface area (Å²) in [5.41, 5.74) is 1.21. The standard InChI is InChI=1S/C15H24BrNO/c1-5-13(10-17-9-11(2)3)18-14-6-7-15(16)12(4)8-14/h6-8,11,13,17H,5,9-10H2,1-4H3. The zero-order valence-electron chi connectivity index (χ0n) is 11.8. The van der Waals surface area contributed by atoms with E-state index in [4.69, 9.17) is 4.74 Å². The van der Waals surface area contributed by atoms with Crippen LogP contribution in [-0.2, 0) is 0 Å². The van der Waals surface area contributed by atoms with Crippen LogP contribution < -0.4 is 10.1 Å². The molecule has 2 nitrogen and oxygen atoms in total. The number of rotatable bonds is 7. The van der Waals surface area contributed by atoms with Gasteiger partial charge in [-0.25, -0.2) is 0 Å². The number of hydrogen-bond donors (Lipinski definition) is 1. The van der Waals surface area contributed by atoms with Crippen molar-refractivity contribution >= 4 is 15.9 Å². The molecule has 18 heavy (non-hydrogen) atoms. The van der Waals surface area contributed by atoms with Gasteiger partial charge in [0.15, 0.2) is 0 Å². The van der Waals surface area contributed by atoms with Crippen molar-refractivity contribution in [3.8, 4) is 5.75 Å². The SMILES string of the molecule is CCC(CNCC(C)C)Oc1ccc(Br)c(C)c1. The molecule has 0 heterocycles. The van der Waals surface area contributed by atoms with Crippen molar-refractivity contribution in [3.63, 3.8) is 0 Å². The summed E-state index contributed by atoms with van der Waals surface area (Å²) in [5.74, 6) is 1.63. The third kappa shape index (κ3) is 5.40. The Morgan fingerprint density at radius 1 is 1.28 bits per heavy atom. The van der Waals surface area contributed by atoms with E-state index in [2.05, 4.69) is 55.0 Å². The molecule has 1 rings (SSSR count). The van der Waals surface area contributed by atoms with Gasteiger partial charge < -0.3 is 10.1 Å². The Balaban J connectivity index is 2.49. The van der Waals surface area contributed by atoms with Crippen LogP contribution in [0.2, 0.25) is 0 Å². The van der Waals surface area contributed by atoms with E-state index in [0.29, 0.717) is 5.92 Å². The first kappa shape index (κ1) is 15.5. The van der Waals surface area contributed by atoms with Crippen molar-refractivity contribution in [2.75, 3.05) is 13.1 Å². The molecule has 0 aromatic heterocycles. The molecule has 0 bridgehead atoms. The van der Waals surface area contributed by atoms with E-state index >= 15 is 0 Å². The van der Waals surface area contributed by atoms with Gasteiger partial charge in [-0.15, -0.1) is 0 Å². The van der Waals surface area contributed by atoms with E-state index < -0.39 is 0 Å². The van der Waals surface area contributed by atoms with Crippen LogP contribution in [0, 0.1) is 12.8 Å². The molecule has 0 aliphatic heterocycles. The number of ether oxygens (including phenoxy) is 1.